The van der Waals surface area contributed by atoms with Gasteiger partial charge in [-0.3, -0.25) is 0 Å². The minimum atomic E-state index is -0.261. The van der Waals surface area contributed by atoms with Crippen molar-refractivity contribution in [1.82, 2.24) is 0 Å². The molecule has 1 saturated heterocycles. The maximum absolute atomic E-state index is 6.38. The smallest absolute Gasteiger partial charge is 0.0913 e. The Morgan fingerprint density at radius 3 is 1.80 bits per heavy atom. The molecule has 0 bridgehead atoms. The van der Waals surface area contributed by atoms with Gasteiger partial charge in [-0.2, -0.15) is 0 Å². The van der Waals surface area contributed by atoms with Gasteiger partial charge in [0.15, 0.2) is 0 Å². The predicted octanol–water partition coefficient (Wildman–Crippen LogP) is 2.96. The number of ether oxygens (including phenoxy) is 1. The third kappa shape index (κ3) is 2.77. The lowest BCUT2D eigenvalue weighted by molar-refractivity contribution is -0.00366. The van der Waals surface area contributed by atoms with Crippen molar-refractivity contribution >= 4 is 0 Å². The second kappa shape index (κ2) is 5.78. The van der Waals surface area contributed by atoms with Crippen LogP contribution in [0.15, 0.2) is 60.7 Å². The second-order valence-electron chi connectivity index (χ2n) is 5.63. The standard InChI is InChI=1S/C18H21NO/c19-17-11-12-20-18(17,13-15-7-3-1-4-8-15)14-16-9-5-2-6-10-16/h1-10,17H,11-14,19H2. The fraction of sp³-hybridized carbons (Fsp3) is 0.333. The third-order valence-electron chi connectivity index (χ3n) is 4.19. The number of benzene rings is 2. The van der Waals surface area contributed by atoms with E-state index in [1.165, 1.54) is 11.1 Å². The zero-order valence-corrected chi connectivity index (χ0v) is 11.7. The molecule has 2 aromatic rings. The van der Waals surface area contributed by atoms with Crippen LogP contribution in [0.2, 0.25) is 0 Å². The highest BCUT2D eigenvalue weighted by atomic mass is 16.5. The molecule has 0 amide bonds. The van der Waals surface area contributed by atoms with E-state index >= 15 is 0 Å². The molecule has 1 atom stereocenters. The first-order chi connectivity index (χ1) is 9.78. The Morgan fingerprint density at radius 1 is 0.900 bits per heavy atom. The van der Waals surface area contributed by atoms with Gasteiger partial charge in [-0.25, -0.2) is 0 Å². The zero-order valence-electron chi connectivity index (χ0n) is 11.7. The SMILES string of the molecule is NC1CCOC1(Cc1ccccc1)Cc1ccccc1. The number of rotatable bonds is 4. The van der Waals surface area contributed by atoms with E-state index in [9.17, 15) is 0 Å². The van der Waals surface area contributed by atoms with Gasteiger partial charge in [-0.1, -0.05) is 60.7 Å². The van der Waals surface area contributed by atoms with E-state index in [2.05, 4.69) is 48.5 Å². The van der Waals surface area contributed by atoms with Gasteiger partial charge in [0.25, 0.3) is 0 Å². The summed E-state index contributed by atoms with van der Waals surface area (Å²) in [5.74, 6) is 0. The molecule has 0 spiro atoms. The fourth-order valence-electron chi connectivity index (χ4n) is 3.07. The van der Waals surface area contributed by atoms with Crippen LogP contribution in [0.4, 0.5) is 0 Å². The van der Waals surface area contributed by atoms with Crippen LogP contribution >= 0.6 is 0 Å². The molecule has 1 fully saturated rings. The van der Waals surface area contributed by atoms with E-state index < -0.39 is 0 Å². The molecule has 2 nitrogen and oxygen atoms in total. The van der Waals surface area contributed by atoms with Crippen molar-refractivity contribution in [3.63, 3.8) is 0 Å². The minimum Gasteiger partial charge on any atom is -0.373 e. The molecule has 1 unspecified atom stereocenters. The molecule has 0 aliphatic carbocycles. The zero-order chi connectivity index (χ0) is 13.8. The lowest BCUT2D eigenvalue weighted by atomic mass is 9.82. The van der Waals surface area contributed by atoms with Gasteiger partial charge in [0.05, 0.1) is 5.60 Å². The van der Waals surface area contributed by atoms with Crippen LogP contribution in [0.25, 0.3) is 0 Å². The highest BCUT2D eigenvalue weighted by Gasteiger charge is 2.42. The van der Waals surface area contributed by atoms with Crippen molar-refractivity contribution in [2.45, 2.75) is 30.9 Å². The van der Waals surface area contributed by atoms with Crippen molar-refractivity contribution in [3.05, 3.63) is 71.8 Å². The van der Waals surface area contributed by atoms with Crippen LogP contribution in [0.5, 0.6) is 0 Å². The summed E-state index contributed by atoms with van der Waals surface area (Å²) in [6.07, 6.45) is 2.70. The normalized spacial score (nSPS) is 20.9. The van der Waals surface area contributed by atoms with E-state index in [0.717, 1.165) is 25.9 Å². The Hall–Kier alpha value is -1.64. The summed E-state index contributed by atoms with van der Waals surface area (Å²) in [4.78, 5) is 0. The minimum absolute atomic E-state index is 0.0999. The number of hydrogen-bond acceptors (Lipinski definition) is 2. The Morgan fingerprint density at radius 2 is 1.40 bits per heavy atom. The molecule has 1 aliphatic rings. The largest absolute Gasteiger partial charge is 0.373 e. The van der Waals surface area contributed by atoms with Gasteiger partial charge in [-0.05, 0) is 17.5 Å². The van der Waals surface area contributed by atoms with Gasteiger partial charge in [0, 0.05) is 25.5 Å². The molecule has 1 heterocycles. The Labute approximate surface area is 120 Å². The van der Waals surface area contributed by atoms with Gasteiger partial charge in [0.2, 0.25) is 0 Å². The molecule has 0 radical (unpaired) electrons. The molecule has 3 rings (SSSR count). The van der Waals surface area contributed by atoms with Crippen LogP contribution in [-0.2, 0) is 17.6 Å². The van der Waals surface area contributed by atoms with Crippen LogP contribution in [-0.4, -0.2) is 18.2 Å². The Balaban J connectivity index is 1.85. The molecule has 104 valence electrons. The summed E-state index contributed by atoms with van der Waals surface area (Å²) in [6.45, 7) is 0.765. The number of nitrogens with two attached hydrogens (primary N) is 1. The Kier molecular flexibility index (Phi) is 3.86. The van der Waals surface area contributed by atoms with E-state index in [4.69, 9.17) is 10.5 Å². The van der Waals surface area contributed by atoms with E-state index in [0.29, 0.717) is 0 Å². The first-order valence-electron chi connectivity index (χ1n) is 7.26. The molecule has 2 aromatic carbocycles. The van der Waals surface area contributed by atoms with Crippen molar-refractivity contribution in [2.75, 3.05) is 6.61 Å². The van der Waals surface area contributed by atoms with Crippen LogP contribution < -0.4 is 5.73 Å². The summed E-state index contributed by atoms with van der Waals surface area (Å²) in [5, 5.41) is 0. The van der Waals surface area contributed by atoms with E-state index in [-0.39, 0.29) is 11.6 Å². The average molecular weight is 267 g/mol. The molecular weight excluding hydrogens is 246 g/mol. The molecular formula is C18H21NO. The third-order valence-corrected chi connectivity index (χ3v) is 4.19. The molecule has 1 aliphatic heterocycles. The summed E-state index contributed by atoms with van der Waals surface area (Å²) >= 11 is 0. The predicted molar refractivity (Wildman–Crippen MR) is 81.6 cm³/mol. The maximum atomic E-state index is 6.38. The van der Waals surface area contributed by atoms with Crippen molar-refractivity contribution in [1.29, 1.82) is 0 Å². The van der Waals surface area contributed by atoms with Gasteiger partial charge < -0.3 is 10.5 Å². The molecule has 0 aromatic heterocycles. The molecule has 20 heavy (non-hydrogen) atoms. The highest BCUT2D eigenvalue weighted by molar-refractivity contribution is 5.23. The lowest BCUT2D eigenvalue weighted by Gasteiger charge is -2.33. The average Bonchev–Trinajstić information content (AvgIpc) is 2.82. The van der Waals surface area contributed by atoms with Crippen LogP contribution in [0.3, 0.4) is 0 Å². The van der Waals surface area contributed by atoms with Crippen molar-refractivity contribution in [3.8, 4) is 0 Å². The summed E-state index contributed by atoms with van der Waals surface area (Å²) in [6, 6.07) is 21.1. The fourth-order valence-corrected chi connectivity index (χ4v) is 3.07. The quantitative estimate of drug-likeness (QED) is 0.924. The van der Waals surface area contributed by atoms with E-state index in [1.54, 1.807) is 0 Å². The number of hydrogen-bond donors (Lipinski definition) is 1. The Bertz CT molecular complexity index is 496. The summed E-state index contributed by atoms with van der Waals surface area (Å²) < 4.78 is 6.14. The first-order valence-corrected chi connectivity index (χ1v) is 7.26. The second-order valence-corrected chi connectivity index (χ2v) is 5.63. The van der Waals surface area contributed by atoms with Crippen molar-refractivity contribution < 1.29 is 4.74 Å². The monoisotopic (exact) mass is 267 g/mol. The van der Waals surface area contributed by atoms with Gasteiger partial charge >= 0.3 is 0 Å². The van der Waals surface area contributed by atoms with Crippen molar-refractivity contribution in [2.24, 2.45) is 5.73 Å². The lowest BCUT2D eigenvalue weighted by Crippen LogP contribution is -2.48. The van der Waals surface area contributed by atoms with Gasteiger partial charge in [0.1, 0.15) is 0 Å². The van der Waals surface area contributed by atoms with E-state index in [1.807, 2.05) is 12.1 Å². The first kappa shape index (κ1) is 13.3. The topological polar surface area (TPSA) is 35.2 Å². The summed E-state index contributed by atoms with van der Waals surface area (Å²) in [5.41, 5.74) is 8.71. The molecule has 2 N–H and O–H groups in total. The molecule has 2 heteroatoms. The molecule has 0 saturated carbocycles. The highest BCUT2D eigenvalue weighted by Crippen LogP contribution is 2.32. The van der Waals surface area contributed by atoms with Crippen LogP contribution in [0, 0.1) is 0 Å². The van der Waals surface area contributed by atoms with Crippen LogP contribution in [0.1, 0.15) is 17.5 Å². The maximum Gasteiger partial charge on any atom is 0.0913 e. The summed E-state index contributed by atoms with van der Waals surface area (Å²) in [7, 11) is 0. The van der Waals surface area contributed by atoms with Gasteiger partial charge in [-0.15, -0.1) is 0 Å².